The fourth-order valence-electron chi connectivity index (χ4n) is 5.76. The van der Waals surface area contributed by atoms with Crippen molar-refractivity contribution in [3.05, 3.63) is 81.2 Å². The molecule has 0 saturated carbocycles. The summed E-state index contributed by atoms with van der Waals surface area (Å²) in [7, 11) is 1.33. The minimum Gasteiger partial charge on any atom is -0.465 e. The summed E-state index contributed by atoms with van der Waals surface area (Å²) in [4.78, 5) is 49.5. The van der Waals surface area contributed by atoms with Crippen LogP contribution in [0, 0.1) is 19.8 Å². The molecule has 0 N–H and O–H groups in total. The van der Waals surface area contributed by atoms with Gasteiger partial charge in [-0.2, -0.15) is 0 Å². The van der Waals surface area contributed by atoms with Crippen molar-refractivity contribution < 1.29 is 24.0 Å². The van der Waals surface area contributed by atoms with E-state index in [0.717, 1.165) is 58.5 Å². The van der Waals surface area contributed by atoms with E-state index in [4.69, 9.17) is 9.57 Å². The third-order valence-corrected chi connectivity index (χ3v) is 8.91. The molecule has 0 radical (unpaired) electrons. The Morgan fingerprint density at radius 1 is 1.00 bits per heavy atom. The number of nitrogens with zero attached hydrogens (tertiary/aromatic N) is 2. The first kappa shape index (κ1) is 23.9. The van der Waals surface area contributed by atoms with E-state index >= 15 is 0 Å². The van der Waals surface area contributed by atoms with Gasteiger partial charge in [-0.15, -0.1) is 11.3 Å². The molecule has 37 heavy (non-hydrogen) atoms. The first-order valence-electron chi connectivity index (χ1n) is 12.6. The van der Waals surface area contributed by atoms with Crippen molar-refractivity contribution in [3.8, 4) is 0 Å². The van der Waals surface area contributed by atoms with E-state index in [1.54, 1.807) is 5.06 Å². The van der Waals surface area contributed by atoms with Gasteiger partial charge in [0.1, 0.15) is 10.9 Å². The van der Waals surface area contributed by atoms with Crippen LogP contribution in [-0.4, -0.2) is 31.0 Å². The molecular formula is C29H28N2O5S. The Hall–Kier alpha value is -3.49. The zero-order valence-electron chi connectivity index (χ0n) is 21.0. The topological polar surface area (TPSA) is 76.2 Å². The molecule has 0 bridgehead atoms. The summed E-state index contributed by atoms with van der Waals surface area (Å²) in [5, 5.41) is 2.10. The fourth-order valence-corrected chi connectivity index (χ4v) is 7.15. The predicted molar refractivity (Wildman–Crippen MR) is 141 cm³/mol. The zero-order chi connectivity index (χ0) is 25.8. The Bertz CT molecular complexity index is 1410. The van der Waals surface area contributed by atoms with Crippen LogP contribution in [0.2, 0.25) is 0 Å². The van der Waals surface area contributed by atoms with Crippen LogP contribution in [0.1, 0.15) is 56.4 Å². The van der Waals surface area contributed by atoms with Gasteiger partial charge >= 0.3 is 5.97 Å². The molecule has 2 amide bonds. The molecule has 2 aliphatic heterocycles. The van der Waals surface area contributed by atoms with Gasteiger partial charge in [0.15, 0.2) is 6.10 Å². The van der Waals surface area contributed by atoms with Gasteiger partial charge in [-0.25, -0.2) is 14.8 Å². The number of benzene rings is 2. The number of aryl methyl sites for hydroxylation is 3. The van der Waals surface area contributed by atoms with Crippen LogP contribution >= 0.6 is 11.3 Å². The quantitative estimate of drug-likeness (QED) is 0.356. The molecule has 8 heteroatoms. The number of carbonyl (C=O) groups excluding carboxylic acids is 3. The molecule has 2 saturated heterocycles. The van der Waals surface area contributed by atoms with Crippen LogP contribution in [0.15, 0.2) is 48.5 Å². The summed E-state index contributed by atoms with van der Waals surface area (Å²) in [6.45, 7) is 3.99. The van der Waals surface area contributed by atoms with Gasteiger partial charge in [-0.05, 0) is 62.3 Å². The second-order valence-corrected chi connectivity index (χ2v) is 11.0. The number of thiophene rings is 1. The Morgan fingerprint density at radius 2 is 1.73 bits per heavy atom. The van der Waals surface area contributed by atoms with Crippen LogP contribution in [0.5, 0.6) is 0 Å². The highest BCUT2D eigenvalue weighted by molar-refractivity contribution is 7.17. The number of anilines is 2. The third kappa shape index (κ3) is 3.69. The minimum atomic E-state index is -0.983. The van der Waals surface area contributed by atoms with Crippen molar-refractivity contribution in [1.82, 2.24) is 0 Å². The first-order valence-corrected chi connectivity index (χ1v) is 13.4. The zero-order valence-corrected chi connectivity index (χ0v) is 21.8. The predicted octanol–water partition coefficient (Wildman–Crippen LogP) is 5.08. The number of ether oxygens (including phenoxy) is 1. The largest absolute Gasteiger partial charge is 0.465 e. The van der Waals surface area contributed by atoms with Crippen molar-refractivity contribution in [2.24, 2.45) is 5.92 Å². The molecule has 0 unspecified atom stereocenters. The number of imide groups is 1. The van der Waals surface area contributed by atoms with Gasteiger partial charge in [0, 0.05) is 4.88 Å². The van der Waals surface area contributed by atoms with E-state index in [0.29, 0.717) is 10.6 Å². The van der Waals surface area contributed by atoms with Gasteiger partial charge < -0.3 is 4.74 Å². The molecule has 1 aromatic heterocycles. The molecule has 0 spiro atoms. The van der Waals surface area contributed by atoms with Crippen molar-refractivity contribution in [3.63, 3.8) is 0 Å². The Labute approximate surface area is 219 Å². The number of rotatable bonds is 4. The number of hydrogen-bond donors (Lipinski definition) is 0. The highest BCUT2D eigenvalue weighted by Crippen LogP contribution is 2.50. The maximum absolute atomic E-state index is 14.1. The fraction of sp³-hybridized carbons (Fsp3) is 0.345. The third-order valence-electron chi connectivity index (χ3n) is 7.63. The van der Waals surface area contributed by atoms with Crippen molar-refractivity contribution >= 4 is 39.8 Å². The van der Waals surface area contributed by atoms with Crippen LogP contribution < -0.4 is 9.96 Å². The molecule has 3 aliphatic rings. The van der Waals surface area contributed by atoms with E-state index in [1.807, 2.05) is 62.4 Å². The van der Waals surface area contributed by atoms with E-state index in [1.165, 1.54) is 23.3 Å². The average Bonchev–Trinajstić information content (AvgIpc) is 3.54. The van der Waals surface area contributed by atoms with Gasteiger partial charge in [-0.1, -0.05) is 48.0 Å². The van der Waals surface area contributed by atoms with Gasteiger partial charge in [-0.3, -0.25) is 14.4 Å². The number of esters is 1. The van der Waals surface area contributed by atoms with E-state index in [9.17, 15) is 14.4 Å². The smallest absolute Gasteiger partial charge is 0.341 e. The Morgan fingerprint density at radius 3 is 2.46 bits per heavy atom. The lowest BCUT2D eigenvalue weighted by molar-refractivity contribution is -0.126. The maximum atomic E-state index is 14.1. The molecule has 3 aromatic rings. The number of hydrogen-bond acceptors (Lipinski definition) is 7. The number of fused-ring (bicyclic) bond motifs is 2. The first-order chi connectivity index (χ1) is 17.9. The summed E-state index contributed by atoms with van der Waals surface area (Å²) < 4.78 is 5.09. The normalized spacial score (nSPS) is 22.8. The van der Waals surface area contributed by atoms with Crippen molar-refractivity contribution in [2.75, 3.05) is 17.1 Å². The van der Waals surface area contributed by atoms with Crippen LogP contribution in [-0.2, 0) is 32.0 Å². The number of para-hydroxylation sites is 1. The molecule has 3 atom stereocenters. The summed E-state index contributed by atoms with van der Waals surface area (Å²) in [5.41, 5.74) is 5.05. The minimum absolute atomic E-state index is 0.347. The molecule has 2 fully saturated rings. The van der Waals surface area contributed by atoms with Crippen molar-refractivity contribution in [2.45, 2.75) is 51.7 Å². The molecule has 6 rings (SSSR count). The van der Waals surface area contributed by atoms with Crippen LogP contribution in [0.3, 0.4) is 0 Å². The van der Waals surface area contributed by atoms with Gasteiger partial charge in [0.05, 0.1) is 24.4 Å². The number of hydroxylamine groups is 1. The van der Waals surface area contributed by atoms with Crippen LogP contribution in [0.4, 0.5) is 10.7 Å². The lowest BCUT2D eigenvalue weighted by Gasteiger charge is -2.29. The molecule has 1 aliphatic carbocycles. The second kappa shape index (κ2) is 9.11. The SMILES string of the molecule is COC(=O)c1c(N2C(=O)[C@@H]3[C@H](ON(c4ccccc4C)[C@H]3c3ccc(C)cc3)C2=O)sc2c1CCCC2. The second-order valence-electron chi connectivity index (χ2n) is 9.91. The maximum Gasteiger partial charge on any atom is 0.341 e. The summed E-state index contributed by atoms with van der Waals surface area (Å²) in [5.74, 6) is -2.05. The van der Waals surface area contributed by atoms with E-state index in [-0.39, 0.29) is 5.91 Å². The summed E-state index contributed by atoms with van der Waals surface area (Å²) >= 11 is 1.36. The van der Waals surface area contributed by atoms with Gasteiger partial charge in [0.25, 0.3) is 5.91 Å². The van der Waals surface area contributed by atoms with Crippen LogP contribution in [0.25, 0.3) is 0 Å². The Kier molecular flexibility index (Phi) is 5.88. The highest BCUT2D eigenvalue weighted by atomic mass is 32.1. The lowest BCUT2D eigenvalue weighted by atomic mass is 9.90. The van der Waals surface area contributed by atoms with Gasteiger partial charge in [0.2, 0.25) is 5.91 Å². The molecule has 190 valence electrons. The monoisotopic (exact) mass is 516 g/mol. The number of amides is 2. The highest BCUT2D eigenvalue weighted by Gasteiger charge is 2.61. The summed E-state index contributed by atoms with van der Waals surface area (Å²) in [6.07, 6.45) is 2.57. The number of methoxy groups -OCH3 is 1. The average molecular weight is 517 g/mol. The standard InChI is InChI=1S/C29H28N2O5S/c1-16-12-14-18(15-13-16)24-23-25(36-31(24)20-10-6-4-8-17(20)2)27(33)30(26(23)32)28-22(29(34)35-3)19-9-5-7-11-21(19)37-28/h4,6,8,10,12-15,23-25H,5,7,9,11H2,1-3H3/t23-,24-,25-/m0/s1. The summed E-state index contributed by atoms with van der Waals surface area (Å²) in [6, 6.07) is 15.3. The molecule has 3 heterocycles. The Balaban J connectivity index is 1.46. The number of carbonyl (C=O) groups is 3. The van der Waals surface area contributed by atoms with E-state index in [2.05, 4.69) is 0 Å². The molecule has 2 aromatic carbocycles. The molecular weight excluding hydrogens is 488 g/mol. The molecule has 7 nitrogen and oxygen atoms in total. The van der Waals surface area contributed by atoms with Crippen molar-refractivity contribution in [1.29, 1.82) is 0 Å². The van der Waals surface area contributed by atoms with E-state index < -0.39 is 29.9 Å². The lowest BCUT2D eigenvalue weighted by Crippen LogP contribution is -2.38.